The summed E-state index contributed by atoms with van der Waals surface area (Å²) in [6.45, 7) is 5.86. The van der Waals surface area contributed by atoms with E-state index in [-0.39, 0.29) is 21.1 Å². The fraction of sp³-hybridized carbons (Fsp3) is 0.350. The molecule has 1 N–H and O–H groups in total. The third kappa shape index (κ3) is 3.94. The minimum atomic E-state index is -3.71. The van der Waals surface area contributed by atoms with Crippen molar-refractivity contribution in [2.45, 2.75) is 36.6 Å². The molecule has 1 amide bonds. The second kappa shape index (κ2) is 7.89. The smallest absolute Gasteiger partial charge is 0.252 e. The van der Waals surface area contributed by atoms with E-state index in [9.17, 15) is 21.6 Å². The lowest BCUT2D eigenvalue weighted by Gasteiger charge is -2.20. The van der Waals surface area contributed by atoms with Crippen LogP contribution in [0.2, 0.25) is 0 Å². The second-order valence-electron chi connectivity index (χ2n) is 6.91. The zero-order chi connectivity index (χ0) is 21.4. The van der Waals surface area contributed by atoms with Crippen molar-refractivity contribution in [2.75, 3.05) is 18.8 Å². The number of carbonyl (C=O) groups excluding carboxylic acids is 1. The van der Waals surface area contributed by atoms with Gasteiger partial charge in [-0.2, -0.15) is 4.31 Å². The van der Waals surface area contributed by atoms with Crippen molar-refractivity contribution in [3.05, 3.63) is 59.2 Å². The van der Waals surface area contributed by atoms with E-state index in [4.69, 9.17) is 0 Å². The van der Waals surface area contributed by atoms with E-state index in [0.717, 1.165) is 0 Å². The van der Waals surface area contributed by atoms with Gasteiger partial charge in [-0.25, -0.2) is 16.8 Å². The molecule has 3 rings (SSSR count). The summed E-state index contributed by atoms with van der Waals surface area (Å²) in [5.74, 6) is -0.717. The Balaban J connectivity index is 1.93. The number of aryl methyl sites for hydroxylation is 1. The Morgan fingerprint density at radius 3 is 2.45 bits per heavy atom. The molecular weight excluding hydrogens is 412 g/mol. The van der Waals surface area contributed by atoms with E-state index in [0.29, 0.717) is 24.2 Å². The van der Waals surface area contributed by atoms with E-state index in [1.54, 1.807) is 45.0 Å². The topological polar surface area (TPSA) is 101 Å². The number of rotatable bonds is 6. The van der Waals surface area contributed by atoms with Gasteiger partial charge in [0.25, 0.3) is 5.91 Å². The molecule has 2 aromatic carbocycles. The summed E-state index contributed by atoms with van der Waals surface area (Å²) >= 11 is 0. The summed E-state index contributed by atoms with van der Waals surface area (Å²) in [6, 6.07) is 10.3. The number of nitrogens with zero attached hydrogens (tertiary/aromatic N) is 1. The number of benzene rings is 2. The molecule has 29 heavy (non-hydrogen) atoms. The maximum absolute atomic E-state index is 12.9. The Morgan fingerprint density at radius 1 is 1.14 bits per heavy atom. The van der Waals surface area contributed by atoms with Gasteiger partial charge in [0.15, 0.2) is 9.84 Å². The molecule has 1 atom stereocenters. The van der Waals surface area contributed by atoms with Gasteiger partial charge in [-0.15, -0.1) is 0 Å². The van der Waals surface area contributed by atoms with Gasteiger partial charge in [-0.05, 0) is 36.2 Å². The lowest BCUT2D eigenvalue weighted by molar-refractivity contribution is 0.0940. The highest BCUT2D eigenvalue weighted by Crippen LogP contribution is 2.33. The highest BCUT2D eigenvalue weighted by atomic mass is 32.2. The van der Waals surface area contributed by atoms with Crippen LogP contribution < -0.4 is 5.32 Å². The molecule has 1 heterocycles. The lowest BCUT2D eigenvalue weighted by atomic mass is 10.1. The quantitative estimate of drug-likeness (QED) is 0.749. The third-order valence-electron chi connectivity index (χ3n) is 5.12. The number of sulfonamides is 1. The number of carbonyl (C=O) groups is 1. The van der Waals surface area contributed by atoms with Gasteiger partial charge in [0, 0.05) is 18.7 Å². The molecule has 2 aromatic rings. The molecule has 0 spiro atoms. The first-order valence-electron chi connectivity index (χ1n) is 9.35. The molecule has 0 aliphatic carbocycles. The Kier molecular flexibility index (Phi) is 5.84. The van der Waals surface area contributed by atoms with Gasteiger partial charge < -0.3 is 5.32 Å². The van der Waals surface area contributed by atoms with Gasteiger partial charge in [0.05, 0.1) is 21.6 Å². The van der Waals surface area contributed by atoms with Crippen LogP contribution in [0.4, 0.5) is 0 Å². The molecule has 156 valence electrons. The van der Waals surface area contributed by atoms with Crippen LogP contribution in [0.3, 0.4) is 0 Å². The largest absolute Gasteiger partial charge is 0.344 e. The molecule has 0 aromatic heterocycles. The number of hydrogen-bond donors (Lipinski definition) is 1. The van der Waals surface area contributed by atoms with Crippen molar-refractivity contribution < 1.29 is 21.6 Å². The number of fused-ring (bicyclic) bond motifs is 1. The maximum Gasteiger partial charge on any atom is 0.252 e. The zero-order valence-corrected chi connectivity index (χ0v) is 18.2. The summed E-state index contributed by atoms with van der Waals surface area (Å²) in [5.41, 5.74) is 1.36. The maximum atomic E-state index is 12.9. The average Bonchev–Trinajstić information content (AvgIpc) is 2.93. The molecule has 7 nitrogen and oxygen atoms in total. The molecule has 0 saturated carbocycles. The summed E-state index contributed by atoms with van der Waals surface area (Å²) in [7, 11) is -7.17. The molecule has 0 saturated heterocycles. The summed E-state index contributed by atoms with van der Waals surface area (Å²) in [4.78, 5) is 13.2. The highest BCUT2D eigenvalue weighted by molar-refractivity contribution is 7.91. The van der Waals surface area contributed by atoms with Crippen LogP contribution in [0.15, 0.2) is 52.3 Å². The van der Waals surface area contributed by atoms with Crippen molar-refractivity contribution in [2.24, 2.45) is 0 Å². The van der Waals surface area contributed by atoms with E-state index < -0.39 is 31.8 Å². The standard InChI is InChI=1S/C20H24N2O5S2/c1-4-22(5-2)29(26,27)15-11-10-14(3)17(12-15)20(23)21-18-13-28(24,25)19-9-7-6-8-16(18)19/h6-12,18H,4-5,13H2,1-3H3,(H,21,23)/t18-/m0/s1. The monoisotopic (exact) mass is 436 g/mol. The first kappa shape index (κ1) is 21.5. The minimum absolute atomic E-state index is 0.0383. The molecule has 1 aliphatic rings. The van der Waals surface area contributed by atoms with Crippen LogP contribution in [0.1, 0.15) is 41.4 Å². The van der Waals surface area contributed by atoms with Gasteiger partial charge >= 0.3 is 0 Å². The van der Waals surface area contributed by atoms with Gasteiger partial charge in [-0.1, -0.05) is 38.1 Å². The number of nitrogens with one attached hydrogen (secondary N) is 1. The van der Waals surface area contributed by atoms with Gasteiger partial charge in [0.1, 0.15) is 0 Å². The predicted octanol–water partition coefficient (Wildman–Crippen LogP) is 2.28. The van der Waals surface area contributed by atoms with Crippen LogP contribution in [-0.4, -0.2) is 45.9 Å². The molecule has 0 fully saturated rings. The van der Waals surface area contributed by atoms with Crippen molar-refractivity contribution in [1.29, 1.82) is 0 Å². The Labute approximate surface area is 171 Å². The zero-order valence-electron chi connectivity index (χ0n) is 16.5. The second-order valence-corrected chi connectivity index (χ2v) is 10.9. The fourth-order valence-corrected chi connectivity index (χ4v) is 6.75. The van der Waals surface area contributed by atoms with Gasteiger partial charge in [-0.3, -0.25) is 4.79 Å². The fourth-order valence-electron chi connectivity index (χ4n) is 3.52. The minimum Gasteiger partial charge on any atom is -0.344 e. The van der Waals surface area contributed by atoms with E-state index >= 15 is 0 Å². The number of sulfone groups is 1. The summed E-state index contributed by atoms with van der Waals surface area (Å²) in [6.07, 6.45) is 0. The summed E-state index contributed by atoms with van der Waals surface area (Å²) < 4.78 is 51.6. The molecule has 0 bridgehead atoms. The molecule has 1 aliphatic heterocycles. The van der Waals surface area contributed by atoms with Crippen LogP contribution in [0, 0.1) is 6.92 Å². The third-order valence-corrected chi connectivity index (χ3v) is 8.98. The number of amides is 1. The Hall–Kier alpha value is -2.23. The van der Waals surface area contributed by atoms with Gasteiger partial charge in [0.2, 0.25) is 10.0 Å². The first-order chi connectivity index (χ1) is 13.6. The Bertz CT molecular complexity index is 1150. The highest BCUT2D eigenvalue weighted by Gasteiger charge is 2.35. The van der Waals surface area contributed by atoms with E-state index in [1.807, 2.05) is 0 Å². The molecule has 0 radical (unpaired) electrons. The van der Waals surface area contributed by atoms with E-state index in [1.165, 1.54) is 22.5 Å². The van der Waals surface area contributed by atoms with Crippen molar-refractivity contribution in [3.8, 4) is 0 Å². The summed E-state index contributed by atoms with van der Waals surface area (Å²) in [5, 5.41) is 2.76. The van der Waals surface area contributed by atoms with Crippen LogP contribution in [0.5, 0.6) is 0 Å². The Morgan fingerprint density at radius 2 is 1.79 bits per heavy atom. The van der Waals surface area contributed by atoms with Crippen molar-refractivity contribution >= 4 is 25.8 Å². The lowest BCUT2D eigenvalue weighted by Crippen LogP contribution is -2.32. The molecule has 0 unspecified atom stereocenters. The average molecular weight is 437 g/mol. The van der Waals surface area contributed by atoms with E-state index in [2.05, 4.69) is 5.32 Å². The number of hydrogen-bond acceptors (Lipinski definition) is 5. The molecular formula is C20H24N2O5S2. The van der Waals surface area contributed by atoms with Crippen LogP contribution >= 0.6 is 0 Å². The molecule has 9 heteroatoms. The van der Waals surface area contributed by atoms with Crippen LogP contribution in [0.25, 0.3) is 0 Å². The first-order valence-corrected chi connectivity index (χ1v) is 12.4. The SMILES string of the molecule is CCN(CC)S(=O)(=O)c1ccc(C)c(C(=O)N[C@H]2CS(=O)(=O)c3ccccc32)c1. The normalized spacial score (nSPS) is 17.9. The van der Waals surface area contributed by atoms with Crippen LogP contribution in [-0.2, 0) is 19.9 Å². The van der Waals surface area contributed by atoms with Crippen molar-refractivity contribution in [3.63, 3.8) is 0 Å². The van der Waals surface area contributed by atoms with Crippen molar-refractivity contribution in [1.82, 2.24) is 9.62 Å². The predicted molar refractivity (Wildman–Crippen MR) is 110 cm³/mol.